The largest absolute Gasteiger partial charge is 0.490 e. The predicted octanol–water partition coefficient (Wildman–Crippen LogP) is 8.45. The smallest absolute Gasteiger partial charge is 0.335 e. The third-order valence-corrected chi connectivity index (χ3v) is 9.09. The fourth-order valence-electron chi connectivity index (χ4n) is 6.56. The number of carbonyl (C=O) groups is 1. The van der Waals surface area contributed by atoms with Gasteiger partial charge in [0.25, 0.3) is 0 Å². The average Bonchev–Trinajstić information content (AvgIpc) is 3.00. The zero-order valence-corrected chi connectivity index (χ0v) is 23.9. The highest BCUT2D eigenvalue weighted by Gasteiger charge is 2.25. The van der Waals surface area contributed by atoms with Crippen molar-refractivity contribution in [1.29, 1.82) is 0 Å². The van der Waals surface area contributed by atoms with Crippen molar-refractivity contribution >= 4 is 5.97 Å². The van der Waals surface area contributed by atoms with Crippen LogP contribution in [0.3, 0.4) is 0 Å². The molecule has 2 saturated carbocycles. The van der Waals surface area contributed by atoms with E-state index in [1.807, 2.05) is 12.1 Å². The summed E-state index contributed by atoms with van der Waals surface area (Å²) in [5.74, 6) is 3.21. The second-order valence-electron chi connectivity index (χ2n) is 11.7. The molecule has 39 heavy (non-hydrogen) atoms. The molecule has 0 aromatic heterocycles. The van der Waals surface area contributed by atoms with Crippen molar-refractivity contribution in [3.05, 3.63) is 77.4 Å². The number of rotatable bonds is 13. The fourth-order valence-corrected chi connectivity index (χ4v) is 6.56. The Bertz CT molecular complexity index is 1010. The molecule has 2 aromatic carbocycles. The number of esters is 1. The average molecular weight is 533 g/mol. The van der Waals surface area contributed by atoms with E-state index in [1.54, 1.807) is 5.56 Å². The van der Waals surface area contributed by atoms with Crippen molar-refractivity contribution < 1.29 is 19.4 Å². The van der Waals surface area contributed by atoms with Gasteiger partial charge in [0.05, 0.1) is 12.2 Å². The van der Waals surface area contributed by atoms with Crippen LogP contribution >= 0.6 is 0 Å². The molecule has 0 aliphatic heterocycles. The van der Waals surface area contributed by atoms with Crippen LogP contribution in [0.2, 0.25) is 0 Å². The van der Waals surface area contributed by atoms with Crippen LogP contribution in [0, 0.1) is 5.92 Å². The number of ether oxygens (including phenoxy) is 2. The van der Waals surface area contributed by atoms with Crippen LogP contribution in [-0.4, -0.2) is 30.9 Å². The first-order valence-electron chi connectivity index (χ1n) is 15.4. The molecule has 2 fully saturated rings. The first kappa shape index (κ1) is 29.4. The van der Waals surface area contributed by atoms with Gasteiger partial charge in [0, 0.05) is 0 Å². The number of aliphatic hydroxyl groups excluding tert-OH is 1. The molecule has 0 heterocycles. The van der Waals surface area contributed by atoms with E-state index in [0.717, 1.165) is 17.6 Å². The quantitative estimate of drug-likeness (QED) is 0.160. The molecule has 2 aliphatic rings. The molecule has 2 aromatic rings. The minimum absolute atomic E-state index is 0.0524. The van der Waals surface area contributed by atoms with Crippen molar-refractivity contribution in [2.24, 2.45) is 5.92 Å². The monoisotopic (exact) mass is 532 g/mol. The number of hydrogen-bond acceptors (Lipinski definition) is 4. The zero-order chi connectivity index (χ0) is 27.5. The van der Waals surface area contributed by atoms with Crippen molar-refractivity contribution in [3.8, 4) is 5.75 Å². The van der Waals surface area contributed by atoms with E-state index < -0.39 is 12.6 Å². The lowest BCUT2D eigenvalue weighted by molar-refractivity contribution is -0.140. The normalized spacial score (nSPS) is 23.2. The Morgan fingerprint density at radius 2 is 1.26 bits per heavy atom. The summed E-state index contributed by atoms with van der Waals surface area (Å²) in [5, 5.41) is 8.90. The molecule has 4 nitrogen and oxygen atoms in total. The maximum atomic E-state index is 11.5. The van der Waals surface area contributed by atoms with Gasteiger partial charge in [-0.2, -0.15) is 0 Å². The Morgan fingerprint density at radius 3 is 1.74 bits per heavy atom. The van der Waals surface area contributed by atoms with Crippen LogP contribution in [0.25, 0.3) is 0 Å². The van der Waals surface area contributed by atoms with Crippen LogP contribution in [0.5, 0.6) is 5.75 Å². The zero-order valence-electron chi connectivity index (χ0n) is 23.9. The van der Waals surface area contributed by atoms with E-state index in [9.17, 15) is 4.79 Å². The maximum absolute atomic E-state index is 11.5. The Labute approximate surface area is 235 Å². The summed E-state index contributed by atoms with van der Waals surface area (Å²) in [4.78, 5) is 11.5. The second-order valence-corrected chi connectivity index (χ2v) is 11.7. The van der Waals surface area contributed by atoms with Gasteiger partial charge < -0.3 is 14.6 Å². The summed E-state index contributed by atoms with van der Waals surface area (Å²) in [6, 6.07) is 18.1. The van der Waals surface area contributed by atoms with E-state index in [4.69, 9.17) is 14.6 Å². The molecule has 0 atom stereocenters. The molecule has 4 heteroatoms. The van der Waals surface area contributed by atoms with E-state index in [-0.39, 0.29) is 18.8 Å². The van der Waals surface area contributed by atoms with Gasteiger partial charge in [0.2, 0.25) is 0 Å². The lowest BCUT2D eigenvalue weighted by Gasteiger charge is -2.30. The first-order valence-corrected chi connectivity index (χ1v) is 15.4. The van der Waals surface area contributed by atoms with Crippen molar-refractivity contribution in [2.45, 2.75) is 102 Å². The van der Waals surface area contributed by atoms with E-state index >= 15 is 0 Å². The van der Waals surface area contributed by atoms with E-state index in [2.05, 4.69) is 49.9 Å². The van der Waals surface area contributed by atoms with Crippen molar-refractivity contribution in [1.82, 2.24) is 0 Å². The van der Waals surface area contributed by atoms with Gasteiger partial charge in [0.1, 0.15) is 19.0 Å². The van der Waals surface area contributed by atoms with Crippen molar-refractivity contribution in [2.75, 3.05) is 19.8 Å². The lowest BCUT2D eigenvalue weighted by atomic mass is 9.75. The summed E-state index contributed by atoms with van der Waals surface area (Å²) in [6.07, 6.45) is 16.1. The highest BCUT2D eigenvalue weighted by atomic mass is 16.6. The number of unbranched alkanes of at least 4 members (excludes halogenated alkanes) is 2. The highest BCUT2D eigenvalue weighted by Crippen LogP contribution is 2.42. The van der Waals surface area contributed by atoms with Gasteiger partial charge in [-0.05, 0) is 104 Å². The first-order chi connectivity index (χ1) is 19.1. The molecule has 2 aliphatic carbocycles. The number of aliphatic hydroxyl groups is 1. The minimum atomic E-state index is -0.585. The Balaban J connectivity index is 1.17. The summed E-state index contributed by atoms with van der Waals surface area (Å²) in [7, 11) is 0. The number of benzene rings is 2. The van der Waals surface area contributed by atoms with Crippen molar-refractivity contribution in [3.63, 3.8) is 0 Å². The van der Waals surface area contributed by atoms with Crippen LogP contribution in [0.1, 0.15) is 118 Å². The highest BCUT2D eigenvalue weighted by molar-refractivity contribution is 5.87. The molecule has 0 bridgehead atoms. The molecule has 0 amide bonds. The van der Waals surface area contributed by atoms with Gasteiger partial charge in [-0.15, -0.1) is 0 Å². The molecule has 4 rings (SSSR count). The van der Waals surface area contributed by atoms with E-state index in [1.165, 1.54) is 88.2 Å². The fraction of sp³-hybridized carbons (Fsp3) is 0.571. The predicted molar refractivity (Wildman–Crippen MR) is 158 cm³/mol. The number of hydrogen-bond donors (Lipinski definition) is 1. The molecule has 212 valence electrons. The molecule has 0 unspecified atom stereocenters. The van der Waals surface area contributed by atoms with Crippen LogP contribution in [0.4, 0.5) is 0 Å². The standard InChI is InChI=1S/C35H48O4/c1-3-4-5-6-27-7-9-28(10-8-27)29-11-13-30(14-12-29)31-15-17-32(18-16-31)33-19-21-34(22-20-33)38-23-24-39-35(37)26(2)25-36/h11-14,19-22,27-28,31-32,36H,2-10,15-18,23-25H2,1H3. The summed E-state index contributed by atoms with van der Waals surface area (Å²) < 4.78 is 10.7. The maximum Gasteiger partial charge on any atom is 0.335 e. The molecular formula is C35H48O4. The Hall–Kier alpha value is -2.59. The second kappa shape index (κ2) is 15.3. The molecule has 0 saturated heterocycles. The SMILES string of the molecule is C=C(CO)C(=O)OCCOc1ccc(C2CCC(c3ccc(C4CCC(CCCCC)CC4)cc3)CC2)cc1. The van der Waals surface area contributed by atoms with Crippen LogP contribution in [0.15, 0.2) is 60.7 Å². The molecule has 0 radical (unpaired) electrons. The number of carbonyl (C=O) groups excluding carboxylic acids is 1. The van der Waals surface area contributed by atoms with Gasteiger partial charge in [-0.1, -0.05) is 75.6 Å². The summed E-state index contributed by atoms with van der Waals surface area (Å²) >= 11 is 0. The van der Waals surface area contributed by atoms with Gasteiger partial charge in [-0.25, -0.2) is 4.79 Å². The Morgan fingerprint density at radius 1 is 0.769 bits per heavy atom. The van der Waals surface area contributed by atoms with E-state index in [0.29, 0.717) is 11.8 Å². The van der Waals surface area contributed by atoms with Crippen LogP contribution < -0.4 is 4.74 Å². The lowest BCUT2D eigenvalue weighted by Crippen LogP contribution is -2.15. The molecular weight excluding hydrogens is 484 g/mol. The topological polar surface area (TPSA) is 55.8 Å². The third-order valence-electron chi connectivity index (χ3n) is 9.09. The van der Waals surface area contributed by atoms with Gasteiger partial charge >= 0.3 is 5.97 Å². The van der Waals surface area contributed by atoms with Crippen LogP contribution in [-0.2, 0) is 9.53 Å². The minimum Gasteiger partial charge on any atom is -0.490 e. The summed E-state index contributed by atoms with van der Waals surface area (Å²) in [6.45, 7) is 5.76. The molecule has 0 spiro atoms. The third kappa shape index (κ3) is 8.70. The van der Waals surface area contributed by atoms with Gasteiger partial charge in [0.15, 0.2) is 0 Å². The molecule has 1 N–H and O–H groups in total. The van der Waals surface area contributed by atoms with Gasteiger partial charge in [-0.3, -0.25) is 0 Å². The summed E-state index contributed by atoms with van der Waals surface area (Å²) in [5.41, 5.74) is 4.52. The Kier molecular flexibility index (Phi) is 11.5.